The molecule has 0 amide bonds. The highest BCUT2D eigenvalue weighted by atomic mass is 19.4. The zero-order chi connectivity index (χ0) is 16.8. The molecule has 1 aromatic rings. The van der Waals surface area contributed by atoms with Crippen LogP contribution in [0.2, 0.25) is 0 Å². The zero-order valence-electron chi connectivity index (χ0n) is 13.1. The molecule has 126 valence electrons. The number of ether oxygens (including phenoxy) is 2. The Kier molecular flexibility index (Phi) is 3.81. The van der Waals surface area contributed by atoms with Gasteiger partial charge in [-0.15, -0.1) is 0 Å². The highest BCUT2D eigenvalue weighted by molar-refractivity contribution is 5.75. The van der Waals surface area contributed by atoms with Gasteiger partial charge in [-0.1, -0.05) is 13.0 Å². The summed E-state index contributed by atoms with van der Waals surface area (Å²) in [6, 6.07) is 5.85. The van der Waals surface area contributed by atoms with Gasteiger partial charge in [0.2, 0.25) is 0 Å². The molecule has 1 unspecified atom stereocenters. The first-order valence-electron chi connectivity index (χ1n) is 7.70. The highest BCUT2D eigenvalue weighted by Crippen LogP contribution is 2.57. The van der Waals surface area contributed by atoms with E-state index in [2.05, 4.69) is 0 Å². The van der Waals surface area contributed by atoms with Gasteiger partial charge in [-0.3, -0.25) is 0 Å². The third-order valence-electron chi connectivity index (χ3n) is 5.39. The van der Waals surface area contributed by atoms with Crippen LogP contribution in [0.25, 0.3) is 0 Å². The van der Waals surface area contributed by atoms with Crippen LogP contribution in [0, 0.1) is 5.41 Å². The summed E-state index contributed by atoms with van der Waals surface area (Å²) >= 11 is 0. The lowest BCUT2D eigenvalue weighted by Crippen LogP contribution is -2.40. The molecule has 0 radical (unpaired) electrons. The van der Waals surface area contributed by atoms with E-state index in [-0.39, 0.29) is 5.92 Å². The van der Waals surface area contributed by atoms with E-state index in [4.69, 9.17) is 9.47 Å². The molecule has 0 N–H and O–H groups in total. The van der Waals surface area contributed by atoms with Crippen molar-refractivity contribution in [3.8, 4) is 5.75 Å². The molecule has 2 aliphatic carbocycles. The van der Waals surface area contributed by atoms with Crippen molar-refractivity contribution < 1.29 is 27.4 Å². The van der Waals surface area contributed by atoms with E-state index in [0.29, 0.717) is 12.8 Å². The lowest BCUT2D eigenvalue weighted by molar-refractivity contribution is -0.209. The second kappa shape index (κ2) is 5.42. The molecule has 1 aromatic carbocycles. The quantitative estimate of drug-likeness (QED) is 0.770. The van der Waals surface area contributed by atoms with Crippen molar-refractivity contribution in [3.63, 3.8) is 0 Å². The van der Waals surface area contributed by atoms with Gasteiger partial charge in [0, 0.05) is 5.41 Å². The van der Waals surface area contributed by atoms with E-state index in [9.17, 15) is 18.0 Å². The molecule has 1 saturated carbocycles. The van der Waals surface area contributed by atoms with Crippen LogP contribution in [0.4, 0.5) is 13.2 Å². The third kappa shape index (κ3) is 2.68. The Morgan fingerprint density at radius 3 is 2.70 bits per heavy atom. The summed E-state index contributed by atoms with van der Waals surface area (Å²) in [5.41, 5.74) is 1.88. The fraction of sp³-hybridized carbons (Fsp3) is 0.588. The van der Waals surface area contributed by atoms with E-state index in [1.165, 1.54) is 5.56 Å². The van der Waals surface area contributed by atoms with Crippen LogP contribution in [-0.4, -0.2) is 25.4 Å². The van der Waals surface area contributed by atoms with E-state index in [1.807, 2.05) is 25.1 Å². The average molecular weight is 328 g/mol. The van der Waals surface area contributed by atoms with Crippen LogP contribution >= 0.6 is 0 Å². The van der Waals surface area contributed by atoms with Gasteiger partial charge in [0.15, 0.2) is 0 Å². The zero-order valence-corrected chi connectivity index (χ0v) is 13.1. The Morgan fingerprint density at radius 1 is 1.30 bits per heavy atom. The first-order valence-corrected chi connectivity index (χ1v) is 7.70. The molecule has 0 spiro atoms. The standard InChI is InChI=1S/C17H19F3O3/c1-16-8-7-10-9-11(22-2)3-4-12(10)13(16)5-6-14(16)23-15(21)17(18,19)20/h3-4,9,13-14H,5-8H2,1-2H3/t13-,14?,16-/m0/s1. The van der Waals surface area contributed by atoms with E-state index >= 15 is 0 Å². The van der Waals surface area contributed by atoms with Gasteiger partial charge in [0.1, 0.15) is 11.9 Å². The summed E-state index contributed by atoms with van der Waals surface area (Å²) in [6.45, 7) is 1.94. The minimum atomic E-state index is -4.94. The predicted molar refractivity (Wildman–Crippen MR) is 77.3 cm³/mol. The Labute approximate surface area is 132 Å². The van der Waals surface area contributed by atoms with Crippen molar-refractivity contribution in [1.29, 1.82) is 0 Å². The molecule has 0 heterocycles. The lowest BCUT2D eigenvalue weighted by atomic mass is 9.66. The van der Waals surface area contributed by atoms with Crippen LogP contribution in [-0.2, 0) is 16.0 Å². The van der Waals surface area contributed by atoms with Crippen molar-refractivity contribution in [2.45, 2.75) is 50.8 Å². The fourth-order valence-electron chi connectivity index (χ4n) is 4.11. The summed E-state index contributed by atoms with van der Waals surface area (Å²) < 4.78 is 47.5. The van der Waals surface area contributed by atoms with E-state index in [1.54, 1.807) is 7.11 Å². The number of methoxy groups -OCH3 is 1. The number of alkyl halides is 3. The van der Waals surface area contributed by atoms with Crippen molar-refractivity contribution >= 4 is 5.97 Å². The molecule has 3 rings (SSSR count). The van der Waals surface area contributed by atoms with Crippen molar-refractivity contribution in [2.75, 3.05) is 7.11 Å². The SMILES string of the molecule is COc1ccc2c(c1)CC[C@]1(C)C(OC(=O)C(F)(F)F)CC[C@@H]21. The normalized spacial score (nSPS) is 29.6. The van der Waals surface area contributed by atoms with Crippen molar-refractivity contribution in [1.82, 2.24) is 0 Å². The lowest BCUT2D eigenvalue weighted by Gasteiger charge is -2.41. The van der Waals surface area contributed by atoms with Gasteiger partial charge in [0.25, 0.3) is 0 Å². The number of hydrogen-bond acceptors (Lipinski definition) is 3. The maximum atomic E-state index is 12.5. The molecule has 0 aromatic heterocycles. The maximum absolute atomic E-state index is 12.5. The fourth-order valence-corrected chi connectivity index (χ4v) is 4.11. The smallest absolute Gasteiger partial charge is 0.490 e. The number of fused-ring (bicyclic) bond motifs is 3. The van der Waals surface area contributed by atoms with Crippen LogP contribution in [0.3, 0.4) is 0 Å². The van der Waals surface area contributed by atoms with Gasteiger partial charge in [-0.2, -0.15) is 13.2 Å². The third-order valence-corrected chi connectivity index (χ3v) is 5.39. The number of benzene rings is 1. The number of rotatable bonds is 2. The molecule has 1 fully saturated rings. The summed E-state index contributed by atoms with van der Waals surface area (Å²) in [5, 5.41) is 0. The molecular weight excluding hydrogens is 309 g/mol. The largest absolute Gasteiger partial charge is 0.497 e. The predicted octanol–water partition coefficient (Wildman–Crippen LogP) is 4.00. The Balaban J connectivity index is 1.85. The van der Waals surface area contributed by atoms with Crippen molar-refractivity contribution in [2.24, 2.45) is 5.41 Å². The minimum absolute atomic E-state index is 0.114. The Morgan fingerprint density at radius 2 is 2.04 bits per heavy atom. The van der Waals surface area contributed by atoms with Gasteiger partial charge in [0.05, 0.1) is 7.11 Å². The summed E-state index contributed by atoms with van der Waals surface area (Å²) in [7, 11) is 1.61. The van der Waals surface area contributed by atoms with Gasteiger partial charge in [-0.25, -0.2) is 4.79 Å². The number of aryl methyl sites for hydroxylation is 1. The molecule has 0 bridgehead atoms. The Hall–Kier alpha value is -1.72. The summed E-state index contributed by atoms with van der Waals surface area (Å²) in [5.74, 6) is -1.18. The monoisotopic (exact) mass is 328 g/mol. The number of carbonyl (C=O) groups is 1. The molecular formula is C17H19F3O3. The molecule has 23 heavy (non-hydrogen) atoms. The van der Waals surface area contributed by atoms with Crippen LogP contribution < -0.4 is 4.74 Å². The average Bonchev–Trinajstić information content (AvgIpc) is 2.83. The Bertz CT molecular complexity index is 626. The number of halogens is 3. The van der Waals surface area contributed by atoms with Crippen LogP contribution in [0.5, 0.6) is 5.75 Å². The van der Waals surface area contributed by atoms with Crippen LogP contribution in [0.1, 0.15) is 43.2 Å². The first kappa shape index (κ1) is 16.1. The maximum Gasteiger partial charge on any atom is 0.490 e. The van der Waals surface area contributed by atoms with Gasteiger partial charge >= 0.3 is 12.1 Å². The molecule has 6 heteroatoms. The first-order chi connectivity index (χ1) is 10.8. The van der Waals surface area contributed by atoms with E-state index in [0.717, 1.165) is 24.2 Å². The molecule has 0 aliphatic heterocycles. The van der Waals surface area contributed by atoms with Gasteiger partial charge < -0.3 is 9.47 Å². The number of hydrogen-bond donors (Lipinski definition) is 0. The van der Waals surface area contributed by atoms with Crippen LogP contribution in [0.15, 0.2) is 18.2 Å². The number of carbonyl (C=O) groups excluding carboxylic acids is 1. The second-order valence-corrected chi connectivity index (χ2v) is 6.59. The van der Waals surface area contributed by atoms with Gasteiger partial charge in [-0.05, 0) is 54.9 Å². The topological polar surface area (TPSA) is 35.5 Å². The molecule has 0 saturated heterocycles. The molecule has 2 aliphatic rings. The summed E-state index contributed by atoms with van der Waals surface area (Å²) in [4.78, 5) is 11.2. The molecule has 3 atom stereocenters. The second-order valence-electron chi connectivity index (χ2n) is 6.59. The van der Waals surface area contributed by atoms with Crippen molar-refractivity contribution in [3.05, 3.63) is 29.3 Å². The highest BCUT2D eigenvalue weighted by Gasteiger charge is 2.53. The minimum Gasteiger partial charge on any atom is -0.497 e. The molecule has 3 nitrogen and oxygen atoms in total. The summed E-state index contributed by atoms with van der Waals surface area (Å²) in [6.07, 6.45) is -2.97. The van der Waals surface area contributed by atoms with E-state index < -0.39 is 23.7 Å². The number of esters is 1.